The lowest BCUT2D eigenvalue weighted by atomic mass is 9.72. The molecular weight excluding hydrogens is 300 g/mol. The highest BCUT2D eigenvalue weighted by Gasteiger charge is 2.42. The molecule has 0 radical (unpaired) electrons. The molecule has 4 nitrogen and oxygen atoms in total. The molecule has 0 spiro atoms. The Morgan fingerprint density at radius 3 is 3.12 bits per heavy atom. The van der Waals surface area contributed by atoms with Crippen LogP contribution in [0.3, 0.4) is 0 Å². The van der Waals surface area contributed by atoms with Crippen LogP contribution in [0.5, 0.6) is 5.75 Å². The van der Waals surface area contributed by atoms with Crippen molar-refractivity contribution in [2.45, 2.75) is 38.3 Å². The van der Waals surface area contributed by atoms with Gasteiger partial charge in [-0.15, -0.1) is 0 Å². The molecule has 24 heavy (non-hydrogen) atoms. The van der Waals surface area contributed by atoms with Crippen LogP contribution in [0.2, 0.25) is 0 Å². The number of aliphatic hydroxyl groups is 1. The van der Waals surface area contributed by atoms with Crippen LogP contribution in [0, 0.1) is 11.8 Å². The van der Waals surface area contributed by atoms with Gasteiger partial charge >= 0.3 is 0 Å². The zero-order valence-electron chi connectivity index (χ0n) is 17.0. The van der Waals surface area contributed by atoms with E-state index in [2.05, 4.69) is 16.8 Å². The van der Waals surface area contributed by atoms with E-state index in [4.69, 9.17) is 8.85 Å². The molecule has 5 atom stereocenters. The van der Waals surface area contributed by atoms with Crippen LogP contribution in [0.25, 0.3) is 10.9 Å². The van der Waals surface area contributed by atoms with Crippen LogP contribution >= 0.6 is 0 Å². The number of pyridine rings is 1. The van der Waals surface area contributed by atoms with Crippen molar-refractivity contribution in [3.05, 3.63) is 36.0 Å². The largest absolute Gasteiger partial charge is 0.497 e. The van der Waals surface area contributed by atoms with Crippen molar-refractivity contribution >= 4 is 10.9 Å². The van der Waals surface area contributed by atoms with Gasteiger partial charge in [0, 0.05) is 24.2 Å². The quantitative estimate of drug-likeness (QED) is 0.934. The molecule has 3 aliphatic heterocycles. The molecule has 0 saturated carbocycles. The van der Waals surface area contributed by atoms with E-state index in [1.54, 1.807) is 24.4 Å². The predicted molar refractivity (Wildman–Crippen MR) is 95.1 cm³/mol. The van der Waals surface area contributed by atoms with Crippen molar-refractivity contribution in [3.8, 4) is 5.75 Å². The molecule has 0 amide bonds. The lowest BCUT2D eigenvalue weighted by Gasteiger charge is -2.51. The summed E-state index contributed by atoms with van der Waals surface area (Å²) in [6.07, 6.45) is 4.50. The molecule has 3 fully saturated rings. The summed E-state index contributed by atoms with van der Waals surface area (Å²) in [5, 5.41) is 12.0. The Morgan fingerprint density at radius 1 is 1.46 bits per heavy atom. The Balaban J connectivity index is 1.65. The highest BCUT2D eigenvalue weighted by atomic mass is 16.5. The smallest absolute Gasteiger partial charge is 0.119 e. The molecule has 4 heterocycles. The Labute approximate surface area is 147 Å². The number of methoxy groups -OCH3 is 1. The minimum absolute atomic E-state index is 0.101. The standard InChI is InChI=1S/C20H26N2O2/c1-3-13-12-22-9-7-14(13)10-19(22)20(23)16-6-8-21-18-5-4-15(24-2)11-17(16)18/h4-6,8,11,13-14,19-20,23H,3,7,9-10,12H2,1-2H3/t13-,14?,19?,20-/m0/s1/i2D3. The van der Waals surface area contributed by atoms with Crippen molar-refractivity contribution in [2.24, 2.45) is 11.8 Å². The minimum atomic E-state index is -2.50. The van der Waals surface area contributed by atoms with Gasteiger partial charge in [0.25, 0.3) is 0 Å². The molecule has 2 aromatic rings. The number of aromatic nitrogens is 1. The predicted octanol–water partition coefficient (Wildman–Crippen LogP) is 3.40. The summed E-state index contributed by atoms with van der Waals surface area (Å²) in [4.78, 5) is 6.78. The van der Waals surface area contributed by atoms with Crippen LogP contribution in [-0.4, -0.2) is 41.2 Å². The molecule has 128 valence electrons. The van der Waals surface area contributed by atoms with E-state index in [0.29, 0.717) is 5.92 Å². The number of nitrogens with zero attached hydrogens (tertiary/aromatic N) is 2. The first-order valence-corrected chi connectivity index (χ1v) is 8.85. The highest BCUT2D eigenvalue weighted by Crippen LogP contribution is 2.42. The zero-order valence-corrected chi connectivity index (χ0v) is 14.0. The van der Waals surface area contributed by atoms with Crippen LogP contribution in [0.4, 0.5) is 0 Å². The first-order chi connectivity index (χ1) is 12.9. The Morgan fingerprint density at radius 2 is 2.38 bits per heavy atom. The van der Waals surface area contributed by atoms with Crippen molar-refractivity contribution in [1.29, 1.82) is 0 Å². The monoisotopic (exact) mass is 329 g/mol. The molecular formula is C20H26N2O2. The number of hydrogen-bond donors (Lipinski definition) is 1. The first kappa shape index (κ1) is 12.7. The van der Waals surface area contributed by atoms with Gasteiger partial charge in [-0.05, 0) is 61.1 Å². The molecule has 4 heteroatoms. The van der Waals surface area contributed by atoms with Gasteiger partial charge in [0.2, 0.25) is 0 Å². The van der Waals surface area contributed by atoms with Gasteiger partial charge in [-0.3, -0.25) is 9.88 Å². The van der Waals surface area contributed by atoms with Crippen LogP contribution in [-0.2, 0) is 0 Å². The zero-order chi connectivity index (χ0) is 19.2. The second-order valence-corrected chi connectivity index (χ2v) is 7.14. The number of hydrogen-bond acceptors (Lipinski definition) is 4. The highest BCUT2D eigenvalue weighted by molar-refractivity contribution is 5.83. The van der Waals surface area contributed by atoms with Crippen LogP contribution < -0.4 is 4.74 Å². The molecule has 1 N–H and O–H groups in total. The lowest BCUT2D eigenvalue weighted by Crippen LogP contribution is -2.55. The number of aliphatic hydroxyl groups excluding tert-OH is 1. The van der Waals surface area contributed by atoms with E-state index in [1.807, 2.05) is 6.07 Å². The number of rotatable bonds is 4. The summed E-state index contributed by atoms with van der Waals surface area (Å²) < 4.78 is 27.0. The molecule has 3 saturated heterocycles. The fourth-order valence-corrected chi connectivity index (χ4v) is 4.65. The summed E-state index contributed by atoms with van der Waals surface area (Å²) in [5.74, 6) is 1.68. The van der Waals surface area contributed by atoms with E-state index in [-0.39, 0.29) is 11.8 Å². The number of fused-ring (bicyclic) bond motifs is 4. The van der Waals surface area contributed by atoms with Gasteiger partial charge in [-0.2, -0.15) is 0 Å². The lowest BCUT2D eigenvalue weighted by molar-refractivity contribution is -0.0562. The fraction of sp³-hybridized carbons (Fsp3) is 0.550. The second kappa shape index (κ2) is 6.34. The molecule has 3 aliphatic rings. The van der Waals surface area contributed by atoms with E-state index in [1.165, 1.54) is 12.8 Å². The van der Waals surface area contributed by atoms with Crippen LogP contribution in [0.15, 0.2) is 30.5 Å². The summed E-state index contributed by atoms with van der Waals surface area (Å²) in [6.45, 7) is 4.35. The second-order valence-electron chi connectivity index (χ2n) is 7.14. The maximum atomic E-state index is 11.2. The van der Waals surface area contributed by atoms with E-state index < -0.39 is 13.1 Å². The van der Waals surface area contributed by atoms with E-state index >= 15 is 0 Å². The maximum absolute atomic E-state index is 11.2. The minimum Gasteiger partial charge on any atom is -0.497 e. The van der Waals surface area contributed by atoms with Crippen molar-refractivity contribution in [3.63, 3.8) is 0 Å². The molecule has 2 bridgehead atoms. The summed E-state index contributed by atoms with van der Waals surface area (Å²) in [5.41, 5.74) is 1.52. The van der Waals surface area contributed by atoms with Crippen LogP contribution in [0.1, 0.15) is 42.0 Å². The van der Waals surface area contributed by atoms with Gasteiger partial charge in [0.05, 0.1) is 22.8 Å². The van der Waals surface area contributed by atoms with E-state index in [9.17, 15) is 5.11 Å². The SMILES string of the molecule is [2H]C([2H])([2H])Oc1ccc2nccc([C@H](O)C3CC4CCN3C[C@@H]4CC)c2c1. The van der Waals surface area contributed by atoms with Gasteiger partial charge in [0.15, 0.2) is 0 Å². The molecule has 1 aromatic carbocycles. The maximum Gasteiger partial charge on any atom is 0.119 e. The number of ether oxygens (including phenoxy) is 1. The summed E-state index contributed by atoms with van der Waals surface area (Å²) in [7, 11) is -2.50. The average molecular weight is 329 g/mol. The van der Waals surface area contributed by atoms with Crippen molar-refractivity contribution in [1.82, 2.24) is 9.88 Å². The third-order valence-corrected chi connectivity index (χ3v) is 6.01. The normalized spacial score (nSPS) is 32.8. The fourth-order valence-electron chi connectivity index (χ4n) is 4.65. The van der Waals surface area contributed by atoms with Crippen molar-refractivity contribution < 1.29 is 14.0 Å². The molecule has 3 unspecified atom stereocenters. The number of benzene rings is 1. The molecule has 5 rings (SSSR count). The third kappa shape index (κ3) is 2.58. The van der Waals surface area contributed by atoms with Gasteiger partial charge in [0.1, 0.15) is 5.75 Å². The molecule has 1 aromatic heterocycles. The van der Waals surface area contributed by atoms with Gasteiger partial charge < -0.3 is 9.84 Å². The van der Waals surface area contributed by atoms with Crippen molar-refractivity contribution in [2.75, 3.05) is 20.1 Å². The Hall–Kier alpha value is -1.65. The molecule has 0 aliphatic carbocycles. The van der Waals surface area contributed by atoms with Gasteiger partial charge in [-0.1, -0.05) is 13.3 Å². The number of piperidine rings is 3. The third-order valence-electron chi connectivity index (χ3n) is 6.01. The summed E-state index contributed by atoms with van der Waals surface area (Å²) in [6, 6.07) is 6.97. The Kier molecular flexibility index (Phi) is 3.35. The average Bonchev–Trinajstić information content (AvgIpc) is 2.65. The Bertz CT molecular complexity index is 826. The first-order valence-electron chi connectivity index (χ1n) is 10.4. The van der Waals surface area contributed by atoms with E-state index in [0.717, 1.165) is 41.9 Å². The van der Waals surface area contributed by atoms with Gasteiger partial charge in [-0.25, -0.2) is 0 Å². The summed E-state index contributed by atoms with van der Waals surface area (Å²) >= 11 is 0. The topological polar surface area (TPSA) is 45.6 Å².